The number of nitrogens with one attached hydrogen (secondary N) is 1. The molecule has 13 nitrogen and oxygen atoms in total. The third-order valence-corrected chi connectivity index (χ3v) is 6.85. The van der Waals surface area contributed by atoms with Crippen molar-refractivity contribution in [2.45, 2.75) is 27.0 Å². The maximum atomic E-state index is 13.4. The first-order valence-corrected chi connectivity index (χ1v) is 13.5. The van der Waals surface area contributed by atoms with Crippen molar-refractivity contribution in [1.29, 1.82) is 0 Å². The zero-order valence-electron chi connectivity index (χ0n) is 22.3. The largest absolute Gasteiger partial charge is 0.515 e. The number of nitrogens with two attached hydrogens (primary N) is 1. The SMILES string of the molecule is [2H]c1cc(COP(=O)(COCCn2cnc3c(=O)[nH]c(N)nc32)OCOC(=O)Oc2ccc(C)cc2)ccc1C. The summed E-state index contributed by atoms with van der Waals surface area (Å²) >= 11 is 0. The van der Waals surface area contributed by atoms with Crippen molar-refractivity contribution in [2.24, 2.45) is 0 Å². The van der Waals surface area contributed by atoms with Crippen molar-refractivity contribution in [2.75, 3.05) is 25.5 Å². The van der Waals surface area contributed by atoms with Crippen molar-refractivity contribution >= 4 is 30.9 Å². The van der Waals surface area contributed by atoms with E-state index in [9.17, 15) is 14.2 Å². The lowest BCUT2D eigenvalue weighted by Crippen LogP contribution is -2.15. The summed E-state index contributed by atoms with van der Waals surface area (Å²) in [5.41, 5.74) is 7.89. The first kappa shape index (κ1) is 26.6. The maximum Gasteiger partial charge on any atom is 0.515 e. The standard InChI is InChI=1S/C25H28N5O8P/c1-17-3-7-19(8-4-17)13-36-39(33,37-15-35-25(32)38-20-9-5-18(2)6-10-20)16-34-12-11-30-14-27-21-22(30)28-24(26)29-23(21)31/h3-10,14H,11-13,15-16H2,1-2H3,(H3,26,28,29,31)/i3D. The minimum atomic E-state index is -3.96. The Kier molecular flexibility index (Phi) is 8.64. The molecule has 0 aliphatic heterocycles. The van der Waals surface area contributed by atoms with Gasteiger partial charge in [0.15, 0.2) is 11.2 Å². The van der Waals surface area contributed by atoms with E-state index in [1.165, 1.54) is 6.33 Å². The summed E-state index contributed by atoms with van der Waals surface area (Å²) in [7, 11) is -3.96. The van der Waals surface area contributed by atoms with Gasteiger partial charge < -0.3 is 29.0 Å². The number of nitrogens with zero attached hydrogens (tertiary/aromatic N) is 3. The summed E-state index contributed by atoms with van der Waals surface area (Å²) in [4.78, 5) is 34.4. The molecule has 1 unspecified atom stereocenters. The number of imidazole rings is 1. The second-order valence-corrected chi connectivity index (χ2v) is 10.4. The van der Waals surface area contributed by atoms with Gasteiger partial charge in [-0.2, -0.15) is 4.98 Å². The third kappa shape index (κ3) is 7.98. The van der Waals surface area contributed by atoms with Gasteiger partial charge in [-0.15, -0.1) is 0 Å². The molecule has 0 amide bonds. The zero-order valence-corrected chi connectivity index (χ0v) is 22.2. The molecule has 2 aromatic heterocycles. The van der Waals surface area contributed by atoms with Crippen molar-refractivity contribution in [1.82, 2.24) is 19.5 Å². The van der Waals surface area contributed by atoms with Crippen LogP contribution in [0.1, 0.15) is 18.1 Å². The predicted octanol–water partition coefficient (Wildman–Crippen LogP) is 3.89. The highest BCUT2D eigenvalue weighted by Gasteiger charge is 2.27. The molecule has 3 N–H and O–H groups in total. The van der Waals surface area contributed by atoms with Crippen LogP contribution in [0.2, 0.25) is 0 Å². The number of rotatable bonds is 12. The monoisotopic (exact) mass is 558 g/mol. The molecule has 0 aliphatic rings. The summed E-state index contributed by atoms with van der Waals surface area (Å²) in [6.45, 7) is 3.05. The Balaban J connectivity index is 1.35. The summed E-state index contributed by atoms with van der Waals surface area (Å²) in [5.74, 6) is 0.216. The normalized spacial score (nSPS) is 13.1. The molecular formula is C25H28N5O8P. The number of H-pyrrole nitrogens is 1. The minimum absolute atomic E-state index is 0.0221. The Hall–Kier alpha value is -4.03. The van der Waals surface area contributed by atoms with E-state index in [1.807, 2.05) is 6.92 Å². The molecular weight excluding hydrogens is 529 g/mol. The Morgan fingerprint density at radius 1 is 1.13 bits per heavy atom. The summed E-state index contributed by atoms with van der Waals surface area (Å²) in [5, 5.41) is 0. The van der Waals surface area contributed by atoms with Gasteiger partial charge in [0.1, 0.15) is 12.1 Å². The van der Waals surface area contributed by atoms with Crippen molar-refractivity contribution in [3.05, 3.63) is 81.9 Å². The van der Waals surface area contributed by atoms with Gasteiger partial charge in [-0.05, 0) is 31.5 Å². The number of aryl methyl sites for hydroxylation is 2. The lowest BCUT2D eigenvalue weighted by molar-refractivity contribution is 0.0154. The average molecular weight is 559 g/mol. The van der Waals surface area contributed by atoms with Crippen LogP contribution in [-0.2, 0) is 36.2 Å². The van der Waals surface area contributed by atoms with Gasteiger partial charge in [0.05, 0.1) is 20.9 Å². The fourth-order valence-electron chi connectivity index (χ4n) is 3.27. The number of nitrogen functional groups attached to an aromatic ring is 1. The number of aromatic nitrogens is 4. The lowest BCUT2D eigenvalue weighted by Gasteiger charge is -2.19. The first-order valence-electron chi connectivity index (χ1n) is 12.3. The van der Waals surface area contributed by atoms with E-state index in [2.05, 4.69) is 15.0 Å². The summed E-state index contributed by atoms with van der Waals surface area (Å²) < 4.78 is 49.3. The summed E-state index contributed by atoms with van der Waals surface area (Å²) in [6.07, 6.45) is -0.125. The highest BCUT2D eigenvalue weighted by Crippen LogP contribution is 2.49. The van der Waals surface area contributed by atoms with Crippen molar-refractivity contribution in [3.8, 4) is 5.75 Å². The Labute approximate surface area is 224 Å². The Bertz CT molecular complexity index is 1590. The number of hydrogen-bond acceptors (Lipinski definition) is 11. The highest BCUT2D eigenvalue weighted by molar-refractivity contribution is 7.53. The molecule has 4 rings (SSSR count). The molecule has 0 saturated heterocycles. The van der Waals surface area contributed by atoms with Gasteiger partial charge >= 0.3 is 13.8 Å². The van der Waals surface area contributed by atoms with Crippen LogP contribution in [0.5, 0.6) is 5.75 Å². The van der Waals surface area contributed by atoms with Gasteiger partial charge in [-0.1, -0.05) is 47.5 Å². The van der Waals surface area contributed by atoms with E-state index in [0.29, 0.717) is 11.6 Å². The molecule has 4 aromatic rings. The van der Waals surface area contributed by atoms with Crippen LogP contribution in [0, 0.1) is 13.8 Å². The summed E-state index contributed by atoms with van der Waals surface area (Å²) in [6, 6.07) is 12.1. The van der Waals surface area contributed by atoms with Gasteiger partial charge in [-0.3, -0.25) is 18.9 Å². The molecule has 1 atom stereocenters. The molecule has 2 aromatic carbocycles. The topological polar surface area (TPSA) is 170 Å². The molecule has 0 bridgehead atoms. The zero-order chi connectivity index (χ0) is 28.7. The predicted molar refractivity (Wildman–Crippen MR) is 141 cm³/mol. The molecule has 0 fully saturated rings. The smallest absolute Gasteiger partial charge is 0.406 e. The highest BCUT2D eigenvalue weighted by atomic mass is 31.2. The van der Waals surface area contributed by atoms with E-state index in [4.69, 9.17) is 30.4 Å². The minimum Gasteiger partial charge on any atom is -0.406 e. The van der Waals surface area contributed by atoms with Crippen molar-refractivity contribution < 1.29 is 34.0 Å². The lowest BCUT2D eigenvalue weighted by atomic mass is 10.2. The molecule has 0 spiro atoms. The Morgan fingerprint density at radius 3 is 2.67 bits per heavy atom. The number of aromatic amines is 1. The molecule has 206 valence electrons. The van der Waals surface area contributed by atoms with E-state index in [0.717, 1.165) is 11.1 Å². The number of carbonyl (C=O) groups is 1. The Morgan fingerprint density at radius 2 is 1.90 bits per heavy atom. The molecule has 0 radical (unpaired) electrons. The van der Waals surface area contributed by atoms with Gasteiger partial charge in [-0.25, -0.2) is 9.78 Å². The van der Waals surface area contributed by atoms with Crippen LogP contribution in [0.25, 0.3) is 11.2 Å². The van der Waals surface area contributed by atoms with E-state index >= 15 is 0 Å². The fraction of sp³-hybridized carbons (Fsp3) is 0.280. The fourth-order valence-corrected chi connectivity index (χ4v) is 4.41. The van der Waals surface area contributed by atoms with Crippen LogP contribution >= 0.6 is 7.60 Å². The molecule has 39 heavy (non-hydrogen) atoms. The van der Waals surface area contributed by atoms with E-state index in [-0.39, 0.29) is 42.6 Å². The maximum absolute atomic E-state index is 13.4. The van der Waals surface area contributed by atoms with Crippen LogP contribution < -0.4 is 16.0 Å². The number of anilines is 1. The third-order valence-electron chi connectivity index (χ3n) is 5.33. The van der Waals surface area contributed by atoms with Crippen LogP contribution in [-0.4, -0.2) is 45.4 Å². The second-order valence-electron chi connectivity index (χ2n) is 8.42. The van der Waals surface area contributed by atoms with Gasteiger partial charge in [0, 0.05) is 6.54 Å². The quantitative estimate of drug-likeness (QED) is 0.0850. The number of fused-ring (bicyclic) bond motifs is 1. The second kappa shape index (κ2) is 12.7. The van der Waals surface area contributed by atoms with Gasteiger partial charge in [0.25, 0.3) is 5.56 Å². The molecule has 0 saturated carbocycles. The number of hydrogen-bond donors (Lipinski definition) is 2. The number of carbonyl (C=O) groups excluding carboxylic acids is 1. The average Bonchev–Trinajstić information content (AvgIpc) is 3.32. The van der Waals surface area contributed by atoms with Crippen molar-refractivity contribution in [3.63, 3.8) is 0 Å². The van der Waals surface area contributed by atoms with Crippen LogP contribution in [0.15, 0.2) is 59.6 Å². The van der Waals surface area contributed by atoms with Gasteiger partial charge in [0.2, 0.25) is 12.7 Å². The van der Waals surface area contributed by atoms with E-state index in [1.54, 1.807) is 54.0 Å². The molecule has 14 heteroatoms. The number of ether oxygens (including phenoxy) is 3. The number of benzene rings is 2. The first-order chi connectivity index (χ1) is 19.1. The van der Waals surface area contributed by atoms with Crippen LogP contribution in [0.4, 0.5) is 10.7 Å². The molecule has 2 heterocycles. The molecule has 0 aliphatic carbocycles. The van der Waals surface area contributed by atoms with Crippen LogP contribution in [0.3, 0.4) is 0 Å². The van der Waals surface area contributed by atoms with E-state index < -0.39 is 32.5 Å².